The molecule has 9 atom stereocenters. The molecule has 2 rings (SSSR count). The summed E-state index contributed by atoms with van der Waals surface area (Å²) in [6.45, 7) is 7.51. The molecule has 2 aromatic rings. The Morgan fingerprint density at radius 1 is 0.578 bits per heavy atom. The average Bonchev–Trinajstić information content (AvgIpc) is 3.27. The number of aliphatic hydroxyl groups excluding tert-OH is 1. The minimum Gasteiger partial charge on any atom is -0.508 e. The van der Waals surface area contributed by atoms with E-state index in [1.807, 2.05) is 6.92 Å². The van der Waals surface area contributed by atoms with Gasteiger partial charge < -0.3 is 64.0 Å². The molecule has 0 aliphatic heterocycles. The van der Waals surface area contributed by atoms with Crippen molar-refractivity contribution in [1.82, 2.24) is 37.2 Å². The number of carboxylic acids is 1. The van der Waals surface area contributed by atoms with Gasteiger partial charge in [0.1, 0.15) is 42.0 Å². The Morgan fingerprint density at radius 3 is 1.62 bits per heavy atom. The van der Waals surface area contributed by atoms with Gasteiger partial charge in [-0.2, -0.15) is 0 Å². The van der Waals surface area contributed by atoms with Crippen LogP contribution in [-0.4, -0.2) is 125 Å². The largest absolute Gasteiger partial charge is 0.508 e. The normalized spacial score (nSPS) is 15.2. The standard InChI is InChI=1S/C44H67N9O11/c1-6-25(3)36(51-34(56)23-46)42(61)50-33(21-28-13-9-8-10-14-28)41(60)53-38(27(5)54)43(62)49-32(22-29-16-18-30(55)19-17-29)39(58)47-24-35(57)48-31(15-11-12-20-45)40(59)52-37(44(63)64)26(4)7-2/h8-10,13-14,16-19,25-27,31-33,36-38,54-55H,6-7,11-12,15,20-24,45-46H2,1-5H3,(H,47,58)(H,48,57)(H,49,62)(H,50,61)(H,51,56)(H,52,59)(H,53,60)(H,63,64)/t25-,26-,27+,31-,32-,33-,36-,37-,38-/m0/s1. The number of unbranched alkanes of at least 4 members (excludes halogenated alkanes) is 1. The lowest BCUT2D eigenvalue weighted by atomic mass is 9.97. The van der Waals surface area contributed by atoms with Crippen molar-refractivity contribution < 1.29 is 53.7 Å². The molecule has 14 N–H and O–H groups in total. The predicted octanol–water partition coefficient (Wildman–Crippen LogP) is -1.15. The third-order valence-corrected chi connectivity index (χ3v) is 10.8. The SMILES string of the molecule is CC[C@H](C)[C@H](NC(=O)[C@H](CCCCN)NC(=O)CNC(=O)[C@H](Cc1ccc(O)cc1)NC(=O)[C@@H](NC(=O)[C@H](Cc1ccccc1)NC(=O)[C@@H](NC(=O)CN)[C@@H](C)CC)[C@@H](C)O)C(=O)O. The van der Waals surface area contributed by atoms with Crippen molar-refractivity contribution in [1.29, 1.82) is 0 Å². The molecule has 0 radical (unpaired) electrons. The van der Waals surface area contributed by atoms with E-state index in [0.717, 1.165) is 0 Å². The smallest absolute Gasteiger partial charge is 0.326 e. The second-order valence-corrected chi connectivity index (χ2v) is 15.9. The van der Waals surface area contributed by atoms with E-state index in [1.54, 1.807) is 51.1 Å². The van der Waals surface area contributed by atoms with E-state index < -0.39 is 102 Å². The van der Waals surface area contributed by atoms with Gasteiger partial charge in [0.15, 0.2) is 0 Å². The summed E-state index contributed by atoms with van der Waals surface area (Å²) < 4.78 is 0. The third kappa shape index (κ3) is 18.3. The molecule has 0 spiro atoms. The van der Waals surface area contributed by atoms with Crippen LogP contribution in [0.5, 0.6) is 5.75 Å². The highest BCUT2D eigenvalue weighted by atomic mass is 16.4. The van der Waals surface area contributed by atoms with Gasteiger partial charge in [-0.1, -0.05) is 83.0 Å². The predicted molar refractivity (Wildman–Crippen MR) is 237 cm³/mol. The Bertz CT molecular complexity index is 1850. The number of carbonyl (C=O) groups is 8. The number of nitrogens with one attached hydrogen (secondary N) is 7. The highest BCUT2D eigenvalue weighted by Crippen LogP contribution is 2.14. The van der Waals surface area contributed by atoms with Crippen molar-refractivity contribution in [3.63, 3.8) is 0 Å². The molecule has 0 aliphatic rings. The van der Waals surface area contributed by atoms with Gasteiger partial charge in [0.25, 0.3) is 0 Å². The minimum atomic E-state index is -1.68. The molecule has 0 saturated carbocycles. The molecule has 0 aromatic heterocycles. The first-order chi connectivity index (χ1) is 30.3. The number of hydrogen-bond acceptors (Lipinski definition) is 12. The zero-order chi connectivity index (χ0) is 47.9. The van der Waals surface area contributed by atoms with Crippen LogP contribution < -0.4 is 48.7 Å². The Morgan fingerprint density at radius 2 is 1.09 bits per heavy atom. The molecule has 64 heavy (non-hydrogen) atoms. The highest BCUT2D eigenvalue weighted by molar-refractivity contribution is 5.97. The molecule has 0 aliphatic carbocycles. The number of carboxylic acid groups (broad SMARTS) is 1. The van der Waals surface area contributed by atoms with Crippen molar-refractivity contribution in [3.8, 4) is 5.75 Å². The first-order valence-corrected chi connectivity index (χ1v) is 21.6. The number of phenols is 1. The lowest BCUT2D eigenvalue weighted by Gasteiger charge is -2.29. The van der Waals surface area contributed by atoms with Gasteiger partial charge in [0.2, 0.25) is 41.4 Å². The van der Waals surface area contributed by atoms with Crippen LogP contribution in [0.4, 0.5) is 0 Å². The quantitative estimate of drug-likeness (QED) is 0.0450. The van der Waals surface area contributed by atoms with Crippen molar-refractivity contribution in [2.45, 2.75) is 122 Å². The Hall–Kier alpha value is -6.12. The van der Waals surface area contributed by atoms with Crippen LogP contribution in [-0.2, 0) is 51.2 Å². The number of aliphatic carboxylic acids is 1. The second kappa shape index (κ2) is 27.8. The van der Waals surface area contributed by atoms with Gasteiger partial charge in [0.05, 0.1) is 19.2 Å². The van der Waals surface area contributed by atoms with Gasteiger partial charge in [-0.05, 0) is 67.8 Å². The van der Waals surface area contributed by atoms with Crippen LogP contribution in [0.2, 0.25) is 0 Å². The number of phenolic OH excluding ortho intramolecular Hbond substituents is 1. The van der Waals surface area contributed by atoms with Crippen molar-refractivity contribution in [2.75, 3.05) is 19.6 Å². The van der Waals surface area contributed by atoms with Gasteiger partial charge in [-0.3, -0.25) is 33.6 Å². The van der Waals surface area contributed by atoms with Crippen molar-refractivity contribution in [3.05, 3.63) is 65.7 Å². The fourth-order valence-corrected chi connectivity index (χ4v) is 6.49. The Labute approximate surface area is 373 Å². The molecule has 2 aromatic carbocycles. The molecule has 7 amide bonds. The molecule has 0 unspecified atom stereocenters. The zero-order valence-electron chi connectivity index (χ0n) is 37.2. The summed E-state index contributed by atoms with van der Waals surface area (Å²) in [5.74, 6) is -7.62. The maximum atomic E-state index is 14.0. The zero-order valence-corrected chi connectivity index (χ0v) is 37.2. The van der Waals surface area contributed by atoms with Crippen LogP contribution in [0.15, 0.2) is 54.6 Å². The molecule has 20 heteroatoms. The molecule has 0 bridgehead atoms. The van der Waals surface area contributed by atoms with Crippen molar-refractivity contribution in [2.24, 2.45) is 23.3 Å². The van der Waals surface area contributed by atoms with Crippen LogP contribution >= 0.6 is 0 Å². The minimum absolute atomic E-state index is 0.0495. The van der Waals surface area contributed by atoms with Gasteiger partial charge in [-0.15, -0.1) is 0 Å². The maximum absolute atomic E-state index is 14.0. The lowest BCUT2D eigenvalue weighted by Crippen LogP contribution is -2.62. The number of amides is 7. The maximum Gasteiger partial charge on any atom is 0.326 e. The van der Waals surface area contributed by atoms with E-state index in [2.05, 4.69) is 37.2 Å². The summed E-state index contributed by atoms with van der Waals surface area (Å²) in [6, 6.07) is 6.53. The number of nitrogens with two attached hydrogens (primary N) is 2. The van der Waals surface area contributed by atoms with Gasteiger partial charge in [-0.25, -0.2) is 4.79 Å². The van der Waals surface area contributed by atoms with Gasteiger partial charge >= 0.3 is 5.97 Å². The number of rotatable bonds is 28. The first-order valence-electron chi connectivity index (χ1n) is 21.6. The third-order valence-electron chi connectivity index (χ3n) is 10.8. The van der Waals surface area contributed by atoms with E-state index in [1.165, 1.54) is 31.2 Å². The van der Waals surface area contributed by atoms with Crippen LogP contribution in [0.25, 0.3) is 0 Å². The average molecular weight is 898 g/mol. The summed E-state index contributed by atoms with van der Waals surface area (Å²) in [7, 11) is 0. The second-order valence-electron chi connectivity index (χ2n) is 15.9. The lowest BCUT2D eigenvalue weighted by molar-refractivity contribution is -0.143. The van der Waals surface area contributed by atoms with Crippen molar-refractivity contribution >= 4 is 47.3 Å². The molecule has 20 nitrogen and oxygen atoms in total. The molecular weight excluding hydrogens is 831 g/mol. The van der Waals surface area contributed by atoms with E-state index in [9.17, 15) is 53.7 Å². The van der Waals surface area contributed by atoms with Crippen LogP contribution in [0, 0.1) is 11.8 Å². The number of carbonyl (C=O) groups excluding carboxylic acids is 7. The fourth-order valence-electron chi connectivity index (χ4n) is 6.49. The summed E-state index contributed by atoms with van der Waals surface area (Å²) in [5.41, 5.74) is 12.2. The summed E-state index contributed by atoms with van der Waals surface area (Å²) in [5, 5.41) is 48.1. The number of hydrogen-bond donors (Lipinski definition) is 12. The van der Waals surface area contributed by atoms with Crippen LogP contribution in [0.1, 0.15) is 77.8 Å². The number of aromatic hydroxyl groups is 1. The molecule has 0 fully saturated rings. The monoisotopic (exact) mass is 897 g/mol. The summed E-state index contributed by atoms with van der Waals surface area (Å²) in [6.07, 6.45) is 0.249. The van der Waals surface area contributed by atoms with E-state index in [0.29, 0.717) is 43.4 Å². The summed E-state index contributed by atoms with van der Waals surface area (Å²) in [4.78, 5) is 106. The Kier molecular flexibility index (Phi) is 23.5. The number of aliphatic hydroxyl groups is 1. The molecule has 0 saturated heterocycles. The van der Waals surface area contributed by atoms with Crippen LogP contribution in [0.3, 0.4) is 0 Å². The van der Waals surface area contributed by atoms with E-state index in [4.69, 9.17) is 11.5 Å². The van der Waals surface area contributed by atoms with E-state index in [-0.39, 0.29) is 37.5 Å². The topological polar surface area (TPSA) is 334 Å². The molecule has 0 heterocycles. The summed E-state index contributed by atoms with van der Waals surface area (Å²) >= 11 is 0. The molecular formula is C44H67N9O11. The number of benzene rings is 2. The Balaban J connectivity index is 2.35. The first kappa shape index (κ1) is 54.0. The fraction of sp³-hybridized carbons (Fsp3) is 0.545. The van der Waals surface area contributed by atoms with E-state index >= 15 is 0 Å². The van der Waals surface area contributed by atoms with Gasteiger partial charge in [0, 0.05) is 12.8 Å². The molecule has 354 valence electrons. The highest BCUT2D eigenvalue weighted by Gasteiger charge is 2.35.